The highest BCUT2D eigenvalue weighted by atomic mass is 35.5. The highest BCUT2D eigenvalue weighted by Crippen LogP contribution is 2.40. The number of hydrogen-bond donors (Lipinski definition) is 1. The molecule has 4 rings (SSSR count). The predicted octanol–water partition coefficient (Wildman–Crippen LogP) is 3.10. The summed E-state index contributed by atoms with van der Waals surface area (Å²) in [6.07, 6.45) is 3.43. The minimum Gasteiger partial charge on any atom is -0.364 e. The highest BCUT2D eigenvalue weighted by molar-refractivity contribution is 6.33. The minimum absolute atomic E-state index is 0.0827. The molecule has 29 heavy (non-hydrogen) atoms. The standard InChI is InChI=1S/C20H23Cl2N5O2/c1-25(8-12-4-2-3-5-16(12)21)15-6-13-9-26(10-14(13)7-15)20(29)27-11-17(22)18(24-27)19(23)28/h2-5,11,13-15H,6-10H2,1H3,(H2,23,28)/t13-,14+,15?. The number of nitrogens with zero attached hydrogens (tertiary/aromatic N) is 4. The molecule has 1 aliphatic carbocycles. The van der Waals surface area contributed by atoms with Gasteiger partial charge in [-0.3, -0.25) is 9.69 Å². The summed E-state index contributed by atoms with van der Waals surface area (Å²) >= 11 is 12.2. The molecule has 1 unspecified atom stereocenters. The van der Waals surface area contributed by atoms with Crippen molar-refractivity contribution in [3.63, 3.8) is 0 Å². The first-order valence-corrected chi connectivity index (χ1v) is 10.4. The molecular formula is C20H23Cl2N5O2. The van der Waals surface area contributed by atoms with Gasteiger partial charge in [-0.05, 0) is 43.4 Å². The third-order valence-corrected chi connectivity index (χ3v) is 6.74. The molecule has 154 valence electrons. The van der Waals surface area contributed by atoms with Crippen molar-refractivity contribution in [2.45, 2.75) is 25.4 Å². The van der Waals surface area contributed by atoms with E-state index in [-0.39, 0.29) is 16.7 Å². The van der Waals surface area contributed by atoms with Crippen molar-refractivity contribution in [3.8, 4) is 0 Å². The van der Waals surface area contributed by atoms with Crippen LogP contribution in [0.15, 0.2) is 30.5 Å². The molecule has 0 radical (unpaired) electrons. The lowest BCUT2D eigenvalue weighted by atomic mass is 10.0. The average Bonchev–Trinajstić information content (AvgIpc) is 3.35. The second-order valence-electron chi connectivity index (χ2n) is 7.97. The second-order valence-corrected chi connectivity index (χ2v) is 8.79. The van der Waals surface area contributed by atoms with E-state index in [2.05, 4.69) is 23.1 Å². The van der Waals surface area contributed by atoms with Crippen molar-refractivity contribution in [1.29, 1.82) is 0 Å². The van der Waals surface area contributed by atoms with Crippen molar-refractivity contribution in [3.05, 3.63) is 51.8 Å². The number of hydrogen-bond acceptors (Lipinski definition) is 4. The number of benzene rings is 1. The van der Waals surface area contributed by atoms with Gasteiger partial charge in [0.2, 0.25) is 0 Å². The Hall–Kier alpha value is -2.09. The summed E-state index contributed by atoms with van der Waals surface area (Å²) in [5.41, 5.74) is 6.28. The van der Waals surface area contributed by atoms with Gasteiger partial charge in [0.15, 0.2) is 5.69 Å². The minimum atomic E-state index is -0.746. The number of aromatic nitrogens is 2. The molecule has 3 atom stereocenters. The number of fused-ring (bicyclic) bond motifs is 1. The summed E-state index contributed by atoms with van der Waals surface area (Å²) in [7, 11) is 2.13. The third-order valence-electron chi connectivity index (χ3n) is 6.10. The van der Waals surface area contributed by atoms with E-state index in [0.717, 1.165) is 34.7 Å². The van der Waals surface area contributed by atoms with E-state index in [4.69, 9.17) is 28.9 Å². The number of nitrogens with two attached hydrogens (primary N) is 1. The first kappa shape index (κ1) is 20.2. The molecule has 2 aliphatic rings. The Balaban J connectivity index is 1.36. The molecule has 1 aromatic carbocycles. The molecule has 0 spiro atoms. The van der Waals surface area contributed by atoms with Crippen LogP contribution in [0.5, 0.6) is 0 Å². The maximum atomic E-state index is 12.8. The van der Waals surface area contributed by atoms with Gasteiger partial charge in [-0.15, -0.1) is 0 Å². The number of rotatable bonds is 4. The molecular weight excluding hydrogens is 413 g/mol. The van der Waals surface area contributed by atoms with Gasteiger partial charge in [0.05, 0.1) is 11.2 Å². The SMILES string of the molecule is CN(Cc1ccccc1Cl)C1C[C@@H]2CN(C(=O)n3cc(Cl)c(C(N)=O)n3)C[C@@H]2C1. The van der Waals surface area contributed by atoms with E-state index in [1.165, 1.54) is 6.20 Å². The van der Waals surface area contributed by atoms with Crippen LogP contribution < -0.4 is 5.73 Å². The fourth-order valence-corrected chi connectivity index (χ4v) is 4.99. The van der Waals surface area contributed by atoms with Crippen molar-refractivity contribution in [2.75, 3.05) is 20.1 Å². The average molecular weight is 436 g/mol. The third kappa shape index (κ3) is 3.99. The van der Waals surface area contributed by atoms with E-state index in [1.54, 1.807) is 4.90 Å². The van der Waals surface area contributed by atoms with Crippen LogP contribution >= 0.6 is 23.2 Å². The molecule has 2 amide bonds. The van der Waals surface area contributed by atoms with Gasteiger partial charge in [0.1, 0.15) is 0 Å². The molecule has 1 aromatic heterocycles. The molecule has 1 saturated heterocycles. The maximum absolute atomic E-state index is 12.8. The molecule has 7 nitrogen and oxygen atoms in total. The van der Waals surface area contributed by atoms with E-state index < -0.39 is 5.91 Å². The lowest BCUT2D eigenvalue weighted by Gasteiger charge is -2.26. The summed E-state index contributed by atoms with van der Waals surface area (Å²) < 4.78 is 1.12. The van der Waals surface area contributed by atoms with Crippen LogP contribution in [-0.4, -0.2) is 57.7 Å². The van der Waals surface area contributed by atoms with Gasteiger partial charge in [0, 0.05) is 30.7 Å². The predicted molar refractivity (Wildman–Crippen MR) is 111 cm³/mol. The zero-order valence-corrected chi connectivity index (χ0v) is 17.6. The van der Waals surface area contributed by atoms with Crippen LogP contribution in [0.25, 0.3) is 0 Å². The Kier molecular flexibility index (Phi) is 5.55. The maximum Gasteiger partial charge on any atom is 0.344 e. The molecule has 2 N–H and O–H groups in total. The van der Waals surface area contributed by atoms with Crippen LogP contribution in [0.1, 0.15) is 28.9 Å². The number of halogens is 2. The molecule has 1 aliphatic heterocycles. The quantitative estimate of drug-likeness (QED) is 0.799. The Morgan fingerprint density at radius 3 is 2.41 bits per heavy atom. The Labute approximate surface area is 179 Å². The van der Waals surface area contributed by atoms with Gasteiger partial charge < -0.3 is 10.6 Å². The lowest BCUT2D eigenvalue weighted by molar-refractivity contribution is 0.0995. The first-order valence-electron chi connectivity index (χ1n) is 9.61. The van der Waals surface area contributed by atoms with Gasteiger partial charge in [-0.2, -0.15) is 9.78 Å². The van der Waals surface area contributed by atoms with Crippen LogP contribution in [-0.2, 0) is 6.54 Å². The number of primary amides is 1. The smallest absolute Gasteiger partial charge is 0.344 e. The van der Waals surface area contributed by atoms with Gasteiger partial charge in [0.25, 0.3) is 5.91 Å². The molecule has 0 bridgehead atoms. The van der Waals surface area contributed by atoms with E-state index >= 15 is 0 Å². The summed E-state index contributed by atoms with van der Waals surface area (Å²) in [6.45, 7) is 2.18. The number of carbonyl (C=O) groups excluding carboxylic acids is 2. The van der Waals surface area contributed by atoms with Crippen LogP contribution in [0, 0.1) is 11.8 Å². The van der Waals surface area contributed by atoms with E-state index in [1.807, 2.05) is 18.2 Å². The zero-order valence-electron chi connectivity index (χ0n) is 16.1. The van der Waals surface area contributed by atoms with Crippen LogP contribution in [0.2, 0.25) is 10.0 Å². The fraction of sp³-hybridized carbons (Fsp3) is 0.450. The van der Waals surface area contributed by atoms with Crippen molar-refractivity contribution < 1.29 is 9.59 Å². The first-order chi connectivity index (χ1) is 13.8. The number of amides is 2. The second kappa shape index (κ2) is 7.97. The monoisotopic (exact) mass is 435 g/mol. The number of carbonyl (C=O) groups is 2. The highest BCUT2D eigenvalue weighted by Gasteiger charge is 2.44. The van der Waals surface area contributed by atoms with E-state index in [0.29, 0.717) is 31.0 Å². The van der Waals surface area contributed by atoms with Crippen molar-refractivity contribution in [1.82, 2.24) is 19.6 Å². The van der Waals surface area contributed by atoms with E-state index in [9.17, 15) is 9.59 Å². The molecule has 9 heteroatoms. The van der Waals surface area contributed by atoms with Crippen molar-refractivity contribution >= 4 is 35.1 Å². The van der Waals surface area contributed by atoms with Gasteiger partial charge >= 0.3 is 6.03 Å². The molecule has 2 fully saturated rings. The van der Waals surface area contributed by atoms with Gasteiger partial charge in [-0.25, -0.2) is 4.79 Å². The molecule has 2 heterocycles. The lowest BCUT2D eigenvalue weighted by Crippen LogP contribution is -2.36. The summed E-state index contributed by atoms with van der Waals surface area (Å²) in [4.78, 5) is 28.2. The normalized spacial score (nSPS) is 23.6. The summed E-state index contributed by atoms with van der Waals surface area (Å²) in [5, 5.41) is 4.83. The molecule has 1 saturated carbocycles. The summed E-state index contributed by atoms with van der Waals surface area (Å²) in [5.74, 6) is 0.169. The van der Waals surface area contributed by atoms with Crippen molar-refractivity contribution in [2.24, 2.45) is 17.6 Å². The fourth-order valence-electron chi connectivity index (χ4n) is 4.57. The van der Waals surface area contributed by atoms with Crippen LogP contribution in [0.3, 0.4) is 0 Å². The Bertz CT molecular complexity index is 933. The Morgan fingerprint density at radius 1 is 1.17 bits per heavy atom. The Morgan fingerprint density at radius 2 is 1.83 bits per heavy atom. The summed E-state index contributed by atoms with van der Waals surface area (Å²) in [6, 6.07) is 8.13. The topological polar surface area (TPSA) is 84.5 Å². The van der Waals surface area contributed by atoms with Crippen LogP contribution in [0.4, 0.5) is 4.79 Å². The largest absolute Gasteiger partial charge is 0.364 e. The van der Waals surface area contributed by atoms with Gasteiger partial charge in [-0.1, -0.05) is 41.4 Å². The molecule has 2 aromatic rings. The zero-order chi connectivity index (χ0) is 20.7. The number of likely N-dealkylation sites (tertiary alicyclic amines) is 1.